The van der Waals surface area contributed by atoms with E-state index in [1.807, 2.05) is 48.5 Å². The van der Waals surface area contributed by atoms with Crippen LogP contribution in [0.2, 0.25) is 0 Å². The molecule has 1 atom stereocenters. The third-order valence-electron chi connectivity index (χ3n) is 4.29. The van der Waals surface area contributed by atoms with Crippen LogP contribution in [0.4, 0.5) is 0 Å². The molecule has 0 bridgehead atoms. The zero-order valence-corrected chi connectivity index (χ0v) is 13.0. The van der Waals surface area contributed by atoms with Crippen molar-refractivity contribution >= 4 is 16.9 Å². The van der Waals surface area contributed by atoms with Crippen molar-refractivity contribution in [2.24, 2.45) is 0 Å². The van der Waals surface area contributed by atoms with E-state index in [2.05, 4.69) is 15.2 Å². The first kappa shape index (κ1) is 14.7. The molecule has 6 heteroatoms. The second-order valence-electron chi connectivity index (χ2n) is 5.85. The van der Waals surface area contributed by atoms with Crippen LogP contribution in [0.5, 0.6) is 0 Å². The van der Waals surface area contributed by atoms with Gasteiger partial charge in [-0.05, 0) is 29.7 Å². The minimum atomic E-state index is -0.561. The summed E-state index contributed by atoms with van der Waals surface area (Å²) in [7, 11) is 0. The lowest BCUT2D eigenvalue weighted by atomic mass is 10.0. The van der Waals surface area contributed by atoms with E-state index in [-0.39, 0.29) is 11.7 Å². The molecule has 2 aromatic carbocycles. The van der Waals surface area contributed by atoms with Crippen LogP contribution in [0.15, 0.2) is 48.5 Å². The number of aliphatic hydroxyl groups excluding tert-OH is 1. The highest BCUT2D eigenvalue weighted by molar-refractivity contribution is 5.92. The van der Waals surface area contributed by atoms with Gasteiger partial charge < -0.3 is 10.0 Å². The van der Waals surface area contributed by atoms with E-state index in [1.54, 1.807) is 4.90 Å². The Morgan fingerprint density at radius 1 is 1.04 bits per heavy atom. The highest BCUT2D eigenvalue weighted by Gasteiger charge is 2.26. The molecule has 3 aromatic rings. The summed E-state index contributed by atoms with van der Waals surface area (Å²) in [6.07, 6.45) is -0.0707. The summed E-state index contributed by atoms with van der Waals surface area (Å²) in [4.78, 5) is 18.8. The third kappa shape index (κ3) is 2.61. The summed E-state index contributed by atoms with van der Waals surface area (Å²) in [5.74, 6) is -0.181. The Morgan fingerprint density at radius 3 is 2.67 bits per heavy atom. The molecular formula is C18H16N4O2. The van der Waals surface area contributed by atoms with Crippen molar-refractivity contribution in [1.82, 2.24) is 20.1 Å². The van der Waals surface area contributed by atoms with Gasteiger partial charge in [0.05, 0.1) is 11.6 Å². The van der Waals surface area contributed by atoms with Crippen molar-refractivity contribution in [1.29, 1.82) is 0 Å². The first-order chi connectivity index (χ1) is 11.7. The fourth-order valence-corrected chi connectivity index (χ4v) is 3.01. The molecule has 1 aromatic heterocycles. The molecule has 120 valence electrons. The lowest BCUT2D eigenvalue weighted by Gasteiger charge is -2.19. The molecule has 0 aliphatic carbocycles. The molecule has 0 spiro atoms. The van der Waals surface area contributed by atoms with Crippen molar-refractivity contribution < 1.29 is 9.90 Å². The number of aromatic nitrogens is 3. The SMILES string of the molecule is O=C(c1nnc2ccccc2n1)N1CCC(O)c2ccccc2C1. The highest BCUT2D eigenvalue weighted by Crippen LogP contribution is 2.26. The van der Waals surface area contributed by atoms with Crippen LogP contribution >= 0.6 is 0 Å². The fraction of sp³-hybridized carbons (Fsp3) is 0.222. The van der Waals surface area contributed by atoms with Crippen molar-refractivity contribution in [3.8, 4) is 0 Å². The normalized spacial score (nSPS) is 17.4. The maximum Gasteiger partial charge on any atom is 0.293 e. The van der Waals surface area contributed by atoms with Gasteiger partial charge in [0.15, 0.2) is 0 Å². The van der Waals surface area contributed by atoms with Crippen LogP contribution in [-0.2, 0) is 6.54 Å². The van der Waals surface area contributed by atoms with Crippen LogP contribution < -0.4 is 0 Å². The van der Waals surface area contributed by atoms with Crippen molar-refractivity contribution in [2.45, 2.75) is 19.1 Å². The minimum Gasteiger partial charge on any atom is -0.388 e. The minimum absolute atomic E-state index is 0.0857. The predicted octanol–water partition coefficient (Wildman–Crippen LogP) is 2.10. The van der Waals surface area contributed by atoms with Gasteiger partial charge in [0, 0.05) is 13.1 Å². The first-order valence-corrected chi connectivity index (χ1v) is 7.87. The molecule has 1 unspecified atom stereocenters. The zero-order chi connectivity index (χ0) is 16.5. The van der Waals surface area contributed by atoms with Crippen molar-refractivity contribution in [3.05, 3.63) is 65.5 Å². The molecule has 4 rings (SSSR count). The number of amides is 1. The number of carbonyl (C=O) groups is 1. The molecular weight excluding hydrogens is 304 g/mol. The zero-order valence-electron chi connectivity index (χ0n) is 13.0. The van der Waals surface area contributed by atoms with Crippen LogP contribution in [0, 0.1) is 0 Å². The van der Waals surface area contributed by atoms with Gasteiger partial charge in [0.1, 0.15) is 5.52 Å². The lowest BCUT2D eigenvalue weighted by Crippen LogP contribution is -2.32. The molecule has 1 aliphatic rings. The molecule has 1 amide bonds. The largest absolute Gasteiger partial charge is 0.388 e. The van der Waals surface area contributed by atoms with E-state index >= 15 is 0 Å². The Hall–Kier alpha value is -2.86. The number of nitrogens with zero attached hydrogens (tertiary/aromatic N) is 4. The molecule has 1 aliphatic heterocycles. The van der Waals surface area contributed by atoms with E-state index in [9.17, 15) is 9.90 Å². The van der Waals surface area contributed by atoms with Crippen molar-refractivity contribution in [2.75, 3.05) is 6.54 Å². The molecule has 0 fully saturated rings. The number of hydrogen-bond acceptors (Lipinski definition) is 5. The maximum absolute atomic E-state index is 12.8. The number of para-hydroxylation sites is 1. The van der Waals surface area contributed by atoms with Gasteiger partial charge in [-0.25, -0.2) is 4.98 Å². The maximum atomic E-state index is 12.8. The summed E-state index contributed by atoms with van der Waals surface area (Å²) in [6.45, 7) is 0.882. The molecule has 24 heavy (non-hydrogen) atoms. The molecule has 0 saturated heterocycles. The topological polar surface area (TPSA) is 79.2 Å². The average Bonchev–Trinajstić information content (AvgIpc) is 2.80. The summed E-state index contributed by atoms with van der Waals surface area (Å²) < 4.78 is 0. The number of carbonyl (C=O) groups excluding carboxylic acids is 1. The van der Waals surface area contributed by atoms with Gasteiger partial charge in [-0.3, -0.25) is 4.79 Å². The lowest BCUT2D eigenvalue weighted by molar-refractivity contribution is 0.0710. The van der Waals surface area contributed by atoms with E-state index in [1.165, 1.54) is 0 Å². The summed E-state index contributed by atoms with van der Waals surface area (Å²) in [5, 5.41) is 18.3. The number of rotatable bonds is 1. The molecule has 2 heterocycles. The second kappa shape index (κ2) is 5.98. The Labute approximate surface area is 138 Å². The predicted molar refractivity (Wildman–Crippen MR) is 88.1 cm³/mol. The molecule has 0 radical (unpaired) electrons. The first-order valence-electron chi connectivity index (χ1n) is 7.87. The van der Waals surface area contributed by atoms with Gasteiger partial charge in [-0.2, -0.15) is 0 Å². The van der Waals surface area contributed by atoms with Gasteiger partial charge in [0.2, 0.25) is 5.82 Å². The number of aliphatic hydroxyl groups is 1. The van der Waals surface area contributed by atoms with Crippen LogP contribution in [0.1, 0.15) is 34.3 Å². The Morgan fingerprint density at radius 2 is 1.79 bits per heavy atom. The van der Waals surface area contributed by atoms with Crippen molar-refractivity contribution in [3.63, 3.8) is 0 Å². The Kier molecular flexibility index (Phi) is 3.66. The highest BCUT2D eigenvalue weighted by atomic mass is 16.3. The number of hydrogen-bond donors (Lipinski definition) is 1. The van der Waals surface area contributed by atoms with Crippen LogP contribution in [0.25, 0.3) is 11.0 Å². The second-order valence-corrected chi connectivity index (χ2v) is 5.85. The Bertz CT molecular complexity index is 912. The Balaban J connectivity index is 1.66. The van der Waals surface area contributed by atoms with E-state index in [0.717, 1.165) is 11.1 Å². The van der Waals surface area contributed by atoms with E-state index in [4.69, 9.17) is 0 Å². The average molecular weight is 320 g/mol. The number of benzene rings is 2. The molecule has 6 nitrogen and oxygen atoms in total. The van der Waals surface area contributed by atoms with Gasteiger partial charge in [-0.15, -0.1) is 10.2 Å². The standard InChI is InChI=1S/C18H16N4O2/c23-16-9-10-22(11-12-5-1-2-6-13(12)16)18(24)17-19-14-7-3-4-8-15(14)20-21-17/h1-8,16,23H,9-11H2. The monoisotopic (exact) mass is 320 g/mol. The summed E-state index contributed by atoms with van der Waals surface area (Å²) in [6, 6.07) is 15.0. The van der Waals surface area contributed by atoms with E-state index < -0.39 is 6.10 Å². The van der Waals surface area contributed by atoms with Gasteiger partial charge >= 0.3 is 0 Å². The molecule has 1 N–H and O–H groups in total. The van der Waals surface area contributed by atoms with Gasteiger partial charge in [-0.1, -0.05) is 36.4 Å². The summed E-state index contributed by atoms with van der Waals surface area (Å²) >= 11 is 0. The summed E-state index contributed by atoms with van der Waals surface area (Å²) in [5.41, 5.74) is 3.13. The fourth-order valence-electron chi connectivity index (χ4n) is 3.01. The number of fused-ring (bicyclic) bond motifs is 2. The van der Waals surface area contributed by atoms with E-state index in [0.29, 0.717) is 30.5 Å². The van der Waals surface area contributed by atoms with Gasteiger partial charge in [0.25, 0.3) is 5.91 Å². The van der Waals surface area contributed by atoms with Crippen LogP contribution in [-0.4, -0.2) is 37.6 Å². The molecule has 0 saturated carbocycles. The smallest absolute Gasteiger partial charge is 0.293 e. The quantitative estimate of drug-likeness (QED) is 0.743. The van der Waals surface area contributed by atoms with Crippen LogP contribution in [0.3, 0.4) is 0 Å². The third-order valence-corrected chi connectivity index (χ3v) is 4.29.